The van der Waals surface area contributed by atoms with Gasteiger partial charge in [-0.25, -0.2) is 0 Å². The van der Waals surface area contributed by atoms with Crippen molar-refractivity contribution in [2.75, 3.05) is 52.9 Å². The van der Waals surface area contributed by atoms with Gasteiger partial charge >= 0.3 is 6.18 Å². The lowest BCUT2D eigenvalue weighted by Gasteiger charge is -2.40. The van der Waals surface area contributed by atoms with Gasteiger partial charge < -0.3 is 14.6 Å². The number of furan rings is 1. The Balaban J connectivity index is 1.58. The number of alkyl halides is 3. The van der Waals surface area contributed by atoms with Crippen molar-refractivity contribution >= 4 is 5.96 Å². The summed E-state index contributed by atoms with van der Waals surface area (Å²) >= 11 is 0. The molecule has 6 nitrogen and oxygen atoms in total. The molecule has 0 amide bonds. The van der Waals surface area contributed by atoms with Crippen LogP contribution in [0.5, 0.6) is 0 Å². The third kappa shape index (κ3) is 5.45. The molecule has 29 heavy (non-hydrogen) atoms. The van der Waals surface area contributed by atoms with Gasteiger partial charge in [-0.1, -0.05) is 0 Å². The predicted octanol–water partition coefficient (Wildman–Crippen LogP) is 2.87. The monoisotopic (exact) mass is 415 g/mol. The van der Waals surface area contributed by atoms with Crippen molar-refractivity contribution in [3.05, 3.63) is 23.7 Å². The molecule has 2 unspecified atom stereocenters. The lowest BCUT2D eigenvalue weighted by atomic mass is 10.2. The van der Waals surface area contributed by atoms with Gasteiger partial charge in [0.2, 0.25) is 0 Å². The first-order valence-corrected chi connectivity index (χ1v) is 10.4. The van der Waals surface area contributed by atoms with Crippen LogP contribution in [-0.4, -0.2) is 85.7 Å². The number of halogens is 3. The van der Waals surface area contributed by atoms with Gasteiger partial charge in [0.1, 0.15) is 17.6 Å². The van der Waals surface area contributed by atoms with Crippen LogP contribution >= 0.6 is 0 Å². The summed E-state index contributed by atoms with van der Waals surface area (Å²) in [5.41, 5.74) is 0. The van der Waals surface area contributed by atoms with E-state index >= 15 is 0 Å². The molecule has 0 bridgehead atoms. The number of guanidine groups is 1. The van der Waals surface area contributed by atoms with Crippen LogP contribution in [0.3, 0.4) is 0 Å². The number of rotatable bonds is 5. The lowest BCUT2D eigenvalue weighted by molar-refractivity contribution is -0.181. The van der Waals surface area contributed by atoms with E-state index in [2.05, 4.69) is 15.2 Å². The molecule has 164 valence electrons. The Morgan fingerprint density at radius 1 is 1.10 bits per heavy atom. The van der Waals surface area contributed by atoms with Crippen LogP contribution in [0.25, 0.3) is 0 Å². The standard InChI is InChI=1S/C20H32F3N5O/c1-15-6-7-18(29-15)17(27-8-4-5-9-27)14-25-19(24-3)28-12-10-26(11-13-28)16(2)20(21,22)23/h6-7,16-17H,4-5,8-14H2,1-3H3,(H,24,25). The fourth-order valence-electron chi connectivity index (χ4n) is 4.14. The molecule has 2 fully saturated rings. The van der Waals surface area contributed by atoms with Gasteiger partial charge in [0.15, 0.2) is 5.96 Å². The third-order valence-electron chi connectivity index (χ3n) is 5.97. The summed E-state index contributed by atoms with van der Waals surface area (Å²) in [5.74, 6) is 2.57. The van der Waals surface area contributed by atoms with Gasteiger partial charge in [0.05, 0.1) is 6.04 Å². The summed E-state index contributed by atoms with van der Waals surface area (Å²) in [6, 6.07) is 2.71. The molecule has 2 atom stereocenters. The van der Waals surface area contributed by atoms with E-state index in [4.69, 9.17) is 4.42 Å². The van der Waals surface area contributed by atoms with Crippen molar-refractivity contribution in [3.63, 3.8) is 0 Å². The van der Waals surface area contributed by atoms with Gasteiger partial charge in [0.25, 0.3) is 0 Å². The second kappa shape index (κ2) is 9.38. The molecule has 2 aliphatic heterocycles. The zero-order valence-electron chi connectivity index (χ0n) is 17.5. The molecule has 1 aromatic heterocycles. The Morgan fingerprint density at radius 3 is 2.28 bits per heavy atom. The van der Waals surface area contributed by atoms with Gasteiger partial charge in [-0.15, -0.1) is 0 Å². The topological polar surface area (TPSA) is 47.3 Å². The van der Waals surface area contributed by atoms with Gasteiger partial charge in [0, 0.05) is 39.8 Å². The van der Waals surface area contributed by atoms with Crippen molar-refractivity contribution in [2.45, 2.75) is 44.9 Å². The molecule has 0 saturated carbocycles. The molecule has 2 aliphatic rings. The second-order valence-electron chi connectivity index (χ2n) is 7.88. The maximum Gasteiger partial charge on any atom is 0.403 e. The van der Waals surface area contributed by atoms with Crippen LogP contribution in [0.2, 0.25) is 0 Å². The van der Waals surface area contributed by atoms with Gasteiger partial charge in [-0.05, 0) is 51.9 Å². The quantitative estimate of drug-likeness (QED) is 0.592. The van der Waals surface area contributed by atoms with Crippen molar-refractivity contribution in [2.24, 2.45) is 4.99 Å². The number of aliphatic imine (C=N–C) groups is 1. The number of likely N-dealkylation sites (tertiary alicyclic amines) is 1. The highest BCUT2D eigenvalue weighted by Gasteiger charge is 2.41. The third-order valence-corrected chi connectivity index (χ3v) is 5.97. The molecule has 0 radical (unpaired) electrons. The highest BCUT2D eigenvalue weighted by atomic mass is 19.4. The minimum atomic E-state index is -4.19. The fraction of sp³-hybridized carbons (Fsp3) is 0.750. The van der Waals surface area contributed by atoms with Crippen molar-refractivity contribution in [1.29, 1.82) is 0 Å². The molecule has 9 heteroatoms. The number of piperazine rings is 1. The summed E-state index contributed by atoms with van der Waals surface area (Å²) in [4.78, 5) is 10.3. The Labute approximate surface area is 170 Å². The maximum absolute atomic E-state index is 13.0. The van der Waals surface area contributed by atoms with E-state index in [1.165, 1.54) is 24.7 Å². The minimum Gasteiger partial charge on any atom is -0.465 e. The average molecular weight is 416 g/mol. The Bertz CT molecular complexity index is 676. The molecule has 0 aliphatic carbocycles. The average Bonchev–Trinajstić information content (AvgIpc) is 3.36. The molecule has 0 spiro atoms. The van der Waals surface area contributed by atoms with Gasteiger partial charge in [-0.3, -0.25) is 14.8 Å². The van der Waals surface area contributed by atoms with Crippen molar-refractivity contribution in [3.8, 4) is 0 Å². The number of nitrogens with zero attached hydrogens (tertiary/aromatic N) is 4. The molecule has 0 aromatic carbocycles. The zero-order chi connectivity index (χ0) is 21.0. The Morgan fingerprint density at radius 2 is 1.76 bits per heavy atom. The van der Waals surface area contributed by atoms with Crippen molar-refractivity contribution in [1.82, 2.24) is 20.0 Å². The van der Waals surface area contributed by atoms with E-state index in [1.54, 1.807) is 7.05 Å². The van der Waals surface area contributed by atoms with Crippen LogP contribution in [0.15, 0.2) is 21.5 Å². The zero-order valence-corrected chi connectivity index (χ0v) is 17.5. The number of hydrogen-bond donors (Lipinski definition) is 1. The van der Waals surface area contributed by atoms with E-state index in [0.29, 0.717) is 32.7 Å². The van der Waals surface area contributed by atoms with Crippen LogP contribution in [0.1, 0.15) is 37.3 Å². The van der Waals surface area contributed by atoms with Crippen LogP contribution in [0.4, 0.5) is 13.2 Å². The minimum absolute atomic E-state index is 0.120. The Kier molecular flexibility index (Phi) is 7.10. The van der Waals surface area contributed by atoms with Crippen molar-refractivity contribution < 1.29 is 17.6 Å². The number of hydrogen-bond acceptors (Lipinski definition) is 4. The summed E-state index contributed by atoms with van der Waals surface area (Å²) in [6.07, 6.45) is -1.82. The fourth-order valence-corrected chi connectivity index (χ4v) is 4.14. The van der Waals surface area contributed by atoms with Crippen LogP contribution in [0, 0.1) is 6.92 Å². The van der Waals surface area contributed by atoms with E-state index in [0.717, 1.165) is 30.6 Å². The van der Waals surface area contributed by atoms with Crippen LogP contribution < -0.4 is 5.32 Å². The maximum atomic E-state index is 13.0. The summed E-state index contributed by atoms with van der Waals surface area (Å²) in [7, 11) is 1.72. The Hall–Kier alpha value is -1.74. The molecular formula is C20H32F3N5O. The SMILES string of the molecule is CN=C(NCC(c1ccc(C)o1)N1CCCC1)N1CCN(C(C)C(F)(F)F)CC1. The largest absolute Gasteiger partial charge is 0.465 e. The van der Waals surface area contributed by atoms with Gasteiger partial charge in [-0.2, -0.15) is 13.2 Å². The number of aryl methyl sites for hydroxylation is 1. The normalized spacial score (nSPS) is 22.1. The summed E-state index contributed by atoms with van der Waals surface area (Å²) in [5, 5.41) is 3.43. The first-order chi connectivity index (χ1) is 13.8. The first-order valence-electron chi connectivity index (χ1n) is 10.4. The predicted molar refractivity (Wildman–Crippen MR) is 107 cm³/mol. The first kappa shape index (κ1) is 22.0. The highest BCUT2D eigenvalue weighted by Crippen LogP contribution is 2.27. The molecule has 3 heterocycles. The van der Waals surface area contributed by atoms with E-state index in [-0.39, 0.29) is 6.04 Å². The highest BCUT2D eigenvalue weighted by molar-refractivity contribution is 5.80. The molecular weight excluding hydrogens is 383 g/mol. The van der Waals surface area contributed by atoms with E-state index in [9.17, 15) is 13.2 Å². The lowest BCUT2D eigenvalue weighted by Crippen LogP contribution is -2.57. The second-order valence-corrected chi connectivity index (χ2v) is 7.88. The molecule has 1 aromatic rings. The smallest absolute Gasteiger partial charge is 0.403 e. The molecule has 3 rings (SSSR count). The molecule has 2 saturated heterocycles. The molecule has 1 N–H and O–H groups in total. The van der Waals surface area contributed by atoms with Crippen LogP contribution in [-0.2, 0) is 0 Å². The summed E-state index contributed by atoms with van der Waals surface area (Å²) < 4.78 is 44.8. The summed E-state index contributed by atoms with van der Waals surface area (Å²) in [6.45, 7) is 7.69. The van der Waals surface area contributed by atoms with E-state index in [1.807, 2.05) is 24.0 Å². The van der Waals surface area contributed by atoms with E-state index < -0.39 is 12.2 Å². The number of nitrogens with one attached hydrogen (secondary N) is 1.